The van der Waals surface area contributed by atoms with Crippen molar-refractivity contribution in [1.29, 1.82) is 0 Å². The summed E-state index contributed by atoms with van der Waals surface area (Å²) < 4.78 is 5.40. The van der Waals surface area contributed by atoms with Crippen LogP contribution in [0.15, 0.2) is 24.3 Å². The van der Waals surface area contributed by atoms with Gasteiger partial charge in [0.15, 0.2) is 0 Å². The van der Waals surface area contributed by atoms with Crippen molar-refractivity contribution in [1.82, 2.24) is 10.6 Å². The van der Waals surface area contributed by atoms with Gasteiger partial charge in [-0.1, -0.05) is 12.1 Å². The van der Waals surface area contributed by atoms with E-state index in [2.05, 4.69) is 10.6 Å². The summed E-state index contributed by atoms with van der Waals surface area (Å²) in [6.45, 7) is 4.99. The van der Waals surface area contributed by atoms with Crippen molar-refractivity contribution in [2.24, 2.45) is 5.73 Å². The van der Waals surface area contributed by atoms with Crippen molar-refractivity contribution in [3.8, 4) is 5.75 Å². The van der Waals surface area contributed by atoms with E-state index in [-0.39, 0.29) is 17.9 Å². The topological polar surface area (TPSA) is 93.5 Å². The molecule has 1 saturated carbocycles. The molecule has 1 fully saturated rings. The summed E-state index contributed by atoms with van der Waals surface area (Å²) in [5.74, 6) is 0.689. The molecular weight excluding hydrogens is 306 g/mol. The van der Waals surface area contributed by atoms with Gasteiger partial charge >= 0.3 is 0 Å². The Labute approximate surface area is 143 Å². The van der Waals surface area contributed by atoms with Crippen LogP contribution in [0.3, 0.4) is 0 Å². The zero-order valence-corrected chi connectivity index (χ0v) is 14.4. The van der Waals surface area contributed by atoms with Crippen LogP contribution in [0.1, 0.15) is 51.1 Å². The molecule has 1 aromatic carbocycles. The lowest BCUT2D eigenvalue weighted by Gasteiger charge is -2.15. The lowest BCUT2D eigenvalue weighted by molar-refractivity contribution is -0.124. The maximum atomic E-state index is 12.0. The smallest absolute Gasteiger partial charge is 0.240 e. The third kappa shape index (κ3) is 5.23. The quantitative estimate of drug-likeness (QED) is 0.599. The number of amides is 2. The molecule has 0 radical (unpaired) electrons. The zero-order chi connectivity index (χ0) is 17.6. The van der Waals surface area contributed by atoms with Gasteiger partial charge in [0, 0.05) is 13.0 Å². The van der Waals surface area contributed by atoms with Crippen molar-refractivity contribution < 1.29 is 14.3 Å². The second kappa shape index (κ2) is 8.15. The number of nitrogens with one attached hydrogen (secondary N) is 2. The van der Waals surface area contributed by atoms with Crippen LogP contribution >= 0.6 is 0 Å². The van der Waals surface area contributed by atoms with Crippen LogP contribution in [-0.4, -0.2) is 30.5 Å². The van der Waals surface area contributed by atoms with Crippen LogP contribution in [0.4, 0.5) is 0 Å². The maximum Gasteiger partial charge on any atom is 0.240 e. The molecule has 6 nitrogen and oxygen atoms in total. The summed E-state index contributed by atoms with van der Waals surface area (Å²) >= 11 is 0. The Morgan fingerprint density at radius 2 is 1.96 bits per heavy atom. The first-order valence-corrected chi connectivity index (χ1v) is 8.54. The van der Waals surface area contributed by atoms with Crippen molar-refractivity contribution in [3.05, 3.63) is 29.8 Å². The van der Waals surface area contributed by atoms with Gasteiger partial charge in [0.05, 0.1) is 18.2 Å². The molecule has 1 unspecified atom stereocenters. The molecule has 0 spiro atoms. The fourth-order valence-corrected chi connectivity index (χ4v) is 2.41. The van der Waals surface area contributed by atoms with Crippen LogP contribution in [0.2, 0.25) is 0 Å². The Balaban J connectivity index is 1.66. The normalized spacial score (nSPS) is 16.1. The van der Waals surface area contributed by atoms with E-state index in [1.807, 2.05) is 38.1 Å². The number of nitrogens with two attached hydrogens (primary N) is 1. The van der Waals surface area contributed by atoms with Crippen LogP contribution in [0.25, 0.3) is 0 Å². The van der Waals surface area contributed by atoms with Gasteiger partial charge in [0.1, 0.15) is 5.75 Å². The number of carbonyl (C=O) groups is 2. The predicted octanol–water partition coefficient (Wildman–Crippen LogP) is 1.65. The molecule has 0 saturated heterocycles. The molecule has 2 rings (SSSR count). The minimum atomic E-state index is -0.648. The van der Waals surface area contributed by atoms with Gasteiger partial charge in [-0.05, 0) is 50.8 Å². The van der Waals surface area contributed by atoms with E-state index < -0.39 is 5.54 Å². The summed E-state index contributed by atoms with van der Waals surface area (Å²) in [5, 5.41) is 5.75. The Morgan fingerprint density at radius 1 is 1.29 bits per heavy atom. The summed E-state index contributed by atoms with van der Waals surface area (Å²) in [6.07, 6.45) is 2.47. The molecule has 132 valence electrons. The van der Waals surface area contributed by atoms with Crippen LogP contribution in [-0.2, 0) is 9.59 Å². The van der Waals surface area contributed by atoms with Gasteiger partial charge in [-0.25, -0.2) is 0 Å². The average molecular weight is 333 g/mol. The monoisotopic (exact) mass is 333 g/mol. The molecule has 1 aliphatic rings. The highest BCUT2D eigenvalue weighted by Gasteiger charge is 2.45. The molecule has 0 aliphatic heterocycles. The minimum Gasteiger partial charge on any atom is -0.494 e. The molecule has 0 aromatic heterocycles. The summed E-state index contributed by atoms with van der Waals surface area (Å²) in [4.78, 5) is 23.6. The molecule has 6 heteroatoms. The SMILES string of the molecule is CCOc1ccc(C(C)NC(=O)CCCNC(=O)C2(N)CC2)cc1. The number of hydrogen-bond donors (Lipinski definition) is 3. The maximum absolute atomic E-state index is 12.0. The fourth-order valence-electron chi connectivity index (χ4n) is 2.41. The van der Waals surface area contributed by atoms with Gasteiger partial charge in [-0.2, -0.15) is 0 Å². The largest absolute Gasteiger partial charge is 0.494 e. The third-order valence-corrected chi connectivity index (χ3v) is 4.18. The van der Waals surface area contributed by atoms with E-state index in [0.29, 0.717) is 26.0 Å². The van der Waals surface area contributed by atoms with E-state index in [1.165, 1.54) is 0 Å². The van der Waals surface area contributed by atoms with Gasteiger partial charge in [0.25, 0.3) is 0 Å². The van der Waals surface area contributed by atoms with E-state index in [4.69, 9.17) is 10.5 Å². The number of ether oxygens (including phenoxy) is 1. The second-order valence-electron chi connectivity index (χ2n) is 6.31. The van der Waals surface area contributed by atoms with Crippen molar-refractivity contribution in [2.45, 2.75) is 51.1 Å². The molecule has 0 bridgehead atoms. The first-order chi connectivity index (χ1) is 11.4. The number of hydrogen-bond acceptors (Lipinski definition) is 4. The van der Waals surface area contributed by atoms with E-state index in [9.17, 15) is 9.59 Å². The molecule has 4 N–H and O–H groups in total. The molecule has 1 atom stereocenters. The zero-order valence-electron chi connectivity index (χ0n) is 14.4. The standard InChI is InChI=1S/C18H27N3O3/c1-3-24-15-8-6-14(7-9-15)13(2)21-16(22)5-4-12-20-17(23)18(19)10-11-18/h6-9,13H,3-5,10-12,19H2,1-2H3,(H,20,23)(H,21,22). The second-order valence-corrected chi connectivity index (χ2v) is 6.31. The van der Waals surface area contributed by atoms with E-state index in [0.717, 1.165) is 24.2 Å². The van der Waals surface area contributed by atoms with Gasteiger partial charge in [0.2, 0.25) is 11.8 Å². The Kier molecular flexibility index (Phi) is 6.20. The fraction of sp³-hybridized carbons (Fsp3) is 0.556. The summed E-state index contributed by atoms with van der Waals surface area (Å²) in [5.41, 5.74) is 6.17. The first-order valence-electron chi connectivity index (χ1n) is 8.54. The number of benzene rings is 1. The molecule has 2 amide bonds. The highest BCUT2D eigenvalue weighted by Crippen LogP contribution is 2.31. The first kappa shape index (κ1) is 18.3. The Hall–Kier alpha value is -2.08. The lowest BCUT2D eigenvalue weighted by atomic mass is 10.1. The van der Waals surface area contributed by atoms with Crippen LogP contribution in [0, 0.1) is 0 Å². The Morgan fingerprint density at radius 3 is 2.54 bits per heavy atom. The lowest BCUT2D eigenvalue weighted by Crippen LogP contribution is -2.43. The highest BCUT2D eigenvalue weighted by atomic mass is 16.5. The van der Waals surface area contributed by atoms with Crippen molar-refractivity contribution in [3.63, 3.8) is 0 Å². The Bertz CT molecular complexity index is 567. The molecule has 0 heterocycles. The van der Waals surface area contributed by atoms with Gasteiger partial charge in [-0.15, -0.1) is 0 Å². The van der Waals surface area contributed by atoms with Crippen LogP contribution in [0.5, 0.6) is 5.75 Å². The van der Waals surface area contributed by atoms with Crippen LogP contribution < -0.4 is 21.1 Å². The molecule has 1 aliphatic carbocycles. The van der Waals surface area contributed by atoms with Gasteiger partial charge < -0.3 is 21.1 Å². The molecule has 1 aromatic rings. The highest BCUT2D eigenvalue weighted by molar-refractivity contribution is 5.89. The molecule has 24 heavy (non-hydrogen) atoms. The third-order valence-electron chi connectivity index (χ3n) is 4.18. The van der Waals surface area contributed by atoms with Gasteiger partial charge in [-0.3, -0.25) is 9.59 Å². The average Bonchev–Trinajstić information content (AvgIpc) is 3.31. The minimum absolute atomic E-state index is 0.0282. The van der Waals surface area contributed by atoms with E-state index in [1.54, 1.807) is 0 Å². The van der Waals surface area contributed by atoms with E-state index >= 15 is 0 Å². The number of rotatable bonds is 9. The summed E-state index contributed by atoms with van der Waals surface area (Å²) in [6, 6.07) is 7.63. The van der Waals surface area contributed by atoms with Crippen molar-refractivity contribution in [2.75, 3.05) is 13.2 Å². The molecular formula is C18H27N3O3. The number of carbonyl (C=O) groups excluding carboxylic acids is 2. The van der Waals surface area contributed by atoms with Crippen molar-refractivity contribution >= 4 is 11.8 Å². The summed E-state index contributed by atoms with van der Waals surface area (Å²) in [7, 11) is 0. The predicted molar refractivity (Wildman–Crippen MR) is 92.6 cm³/mol.